The Morgan fingerprint density at radius 3 is 2.06 bits per heavy atom. The van der Waals surface area contributed by atoms with Crippen LogP contribution in [0.5, 0.6) is 5.75 Å². The lowest BCUT2D eigenvalue weighted by Crippen LogP contribution is -2.45. The van der Waals surface area contributed by atoms with Crippen LogP contribution < -0.4 is 10.1 Å². The minimum atomic E-state index is -3.57. The van der Waals surface area contributed by atoms with Gasteiger partial charge in [-0.1, -0.05) is 48.5 Å². The maximum Gasteiger partial charge on any atom is 0.258 e. The van der Waals surface area contributed by atoms with Gasteiger partial charge in [-0.05, 0) is 54.8 Å². The van der Waals surface area contributed by atoms with E-state index in [1.165, 1.54) is 17.7 Å². The minimum absolute atomic E-state index is 0.102. The van der Waals surface area contributed by atoms with E-state index in [0.29, 0.717) is 5.75 Å². The Balaban J connectivity index is 1.22. The van der Waals surface area contributed by atoms with E-state index in [4.69, 9.17) is 4.74 Å². The summed E-state index contributed by atoms with van der Waals surface area (Å²) in [6.07, 6.45) is 1.81. The van der Waals surface area contributed by atoms with Crippen molar-refractivity contribution in [1.29, 1.82) is 0 Å². The first kappa shape index (κ1) is 23.0. The summed E-state index contributed by atoms with van der Waals surface area (Å²) >= 11 is 0. The molecule has 1 fully saturated rings. The molecule has 1 aliphatic rings. The van der Waals surface area contributed by atoms with E-state index in [1.807, 2.05) is 6.07 Å². The number of ether oxygens (including phenoxy) is 1. The summed E-state index contributed by atoms with van der Waals surface area (Å²) in [6.45, 7) is 2.71. The monoisotopic (exact) mass is 464 g/mol. The molecule has 0 aliphatic carbocycles. The number of sulfone groups is 1. The summed E-state index contributed by atoms with van der Waals surface area (Å²) in [7, 11) is -3.57. The van der Waals surface area contributed by atoms with Crippen molar-refractivity contribution in [2.45, 2.75) is 35.2 Å². The van der Waals surface area contributed by atoms with Gasteiger partial charge in [-0.25, -0.2) is 8.42 Å². The van der Waals surface area contributed by atoms with E-state index in [-0.39, 0.29) is 28.3 Å². The molecule has 0 spiro atoms. The molecule has 7 heteroatoms. The number of hydrogen-bond donors (Lipinski definition) is 1. The number of benzene rings is 3. The number of hydrogen-bond acceptors (Lipinski definition) is 5. The van der Waals surface area contributed by atoms with E-state index in [0.717, 1.165) is 32.5 Å². The zero-order chi connectivity index (χ0) is 23.1. The third kappa shape index (κ3) is 6.21. The number of likely N-dealkylation sites (tertiary alicyclic amines) is 1. The maximum absolute atomic E-state index is 12.6. The Morgan fingerprint density at radius 1 is 0.848 bits per heavy atom. The van der Waals surface area contributed by atoms with Crippen LogP contribution in [0.15, 0.2) is 94.7 Å². The van der Waals surface area contributed by atoms with Gasteiger partial charge in [-0.2, -0.15) is 0 Å². The second-order valence-corrected chi connectivity index (χ2v) is 10.1. The van der Waals surface area contributed by atoms with E-state index in [9.17, 15) is 13.2 Å². The average Bonchev–Trinajstić information content (AvgIpc) is 2.85. The van der Waals surface area contributed by atoms with Gasteiger partial charge in [-0.3, -0.25) is 9.69 Å². The molecule has 0 aromatic heterocycles. The van der Waals surface area contributed by atoms with Crippen LogP contribution in [0.25, 0.3) is 0 Å². The van der Waals surface area contributed by atoms with Crippen LogP contribution in [0.1, 0.15) is 18.4 Å². The fourth-order valence-electron chi connectivity index (χ4n) is 3.95. The fraction of sp³-hybridized carbons (Fsp3) is 0.269. The lowest BCUT2D eigenvalue weighted by molar-refractivity contribution is -0.124. The molecule has 0 bridgehead atoms. The zero-order valence-electron chi connectivity index (χ0n) is 18.4. The standard InChI is InChI=1S/C26H28N2O4S/c29-26(27-22-15-17-28(18-16-22)19-21-7-3-1-4-8-21)20-32-23-11-13-25(14-12-23)33(30,31)24-9-5-2-6-10-24/h1-14,22H,15-20H2,(H,27,29). The highest BCUT2D eigenvalue weighted by Crippen LogP contribution is 2.23. The summed E-state index contributed by atoms with van der Waals surface area (Å²) in [4.78, 5) is 15.2. The van der Waals surface area contributed by atoms with Crippen LogP contribution in [0, 0.1) is 0 Å². The molecule has 33 heavy (non-hydrogen) atoms. The molecule has 1 amide bonds. The molecule has 3 aromatic rings. The van der Waals surface area contributed by atoms with Crippen molar-refractivity contribution in [3.63, 3.8) is 0 Å². The van der Waals surface area contributed by atoms with Gasteiger partial charge >= 0.3 is 0 Å². The third-order valence-corrected chi connectivity index (χ3v) is 7.54. The van der Waals surface area contributed by atoms with Crippen molar-refractivity contribution < 1.29 is 17.9 Å². The average molecular weight is 465 g/mol. The van der Waals surface area contributed by atoms with Crippen molar-refractivity contribution in [3.8, 4) is 5.75 Å². The Bertz CT molecular complexity index is 1140. The number of nitrogens with zero attached hydrogens (tertiary/aromatic N) is 1. The summed E-state index contributed by atoms with van der Waals surface area (Å²) in [5.41, 5.74) is 1.30. The van der Waals surface area contributed by atoms with Gasteiger partial charge < -0.3 is 10.1 Å². The van der Waals surface area contributed by atoms with Gasteiger partial charge in [0.25, 0.3) is 5.91 Å². The van der Waals surface area contributed by atoms with Gasteiger partial charge in [0, 0.05) is 25.7 Å². The topological polar surface area (TPSA) is 75.7 Å². The van der Waals surface area contributed by atoms with Crippen LogP contribution in [0.3, 0.4) is 0 Å². The van der Waals surface area contributed by atoms with Crippen molar-refractivity contribution >= 4 is 15.7 Å². The molecule has 0 saturated carbocycles. The maximum atomic E-state index is 12.6. The molecule has 172 valence electrons. The smallest absolute Gasteiger partial charge is 0.258 e. The predicted molar refractivity (Wildman–Crippen MR) is 127 cm³/mol. The SMILES string of the molecule is O=C(COc1ccc(S(=O)(=O)c2ccccc2)cc1)NC1CCN(Cc2ccccc2)CC1. The van der Waals surface area contributed by atoms with Crippen LogP contribution in [0.4, 0.5) is 0 Å². The molecule has 1 N–H and O–H groups in total. The van der Waals surface area contributed by atoms with Gasteiger partial charge in [0.2, 0.25) is 9.84 Å². The van der Waals surface area contributed by atoms with Gasteiger partial charge in [0.15, 0.2) is 6.61 Å². The summed E-state index contributed by atoms with van der Waals surface area (Å²) in [5.74, 6) is 0.285. The number of piperidine rings is 1. The van der Waals surface area contributed by atoms with Crippen LogP contribution in [-0.2, 0) is 21.2 Å². The number of nitrogens with one attached hydrogen (secondary N) is 1. The number of carbonyl (C=O) groups is 1. The summed E-state index contributed by atoms with van der Waals surface area (Å²) in [6, 6.07) is 25.0. The lowest BCUT2D eigenvalue weighted by Gasteiger charge is -2.32. The van der Waals surface area contributed by atoms with Crippen molar-refractivity contribution in [3.05, 3.63) is 90.5 Å². The highest BCUT2D eigenvalue weighted by atomic mass is 32.2. The Labute approximate surface area is 195 Å². The van der Waals surface area contributed by atoms with Crippen molar-refractivity contribution in [2.24, 2.45) is 0 Å². The second-order valence-electron chi connectivity index (χ2n) is 8.18. The highest BCUT2D eigenvalue weighted by Gasteiger charge is 2.21. The van der Waals surface area contributed by atoms with Crippen LogP contribution in [0.2, 0.25) is 0 Å². The fourth-order valence-corrected chi connectivity index (χ4v) is 5.23. The molecule has 6 nitrogen and oxygen atoms in total. The molecule has 1 aliphatic heterocycles. The van der Waals surface area contributed by atoms with E-state index >= 15 is 0 Å². The van der Waals surface area contributed by atoms with Gasteiger partial charge in [0.1, 0.15) is 5.75 Å². The van der Waals surface area contributed by atoms with Crippen LogP contribution in [-0.4, -0.2) is 45.0 Å². The van der Waals surface area contributed by atoms with Crippen molar-refractivity contribution in [1.82, 2.24) is 10.2 Å². The molecular formula is C26H28N2O4S. The van der Waals surface area contributed by atoms with E-state index < -0.39 is 9.84 Å². The molecule has 0 unspecified atom stereocenters. The normalized spacial score (nSPS) is 15.2. The molecule has 1 saturated heterocycles. The Morgan fingerprint density at radius 2 is 1.42 bits per heavy atom. The van der Waals surface area contributed by atoms with Gasteiger partial charge in [0.05, 0.1) is 9.79 Å². The quantitative estimate of drug-likeness (QED) is 0.550. The molecule has 3 aromatic carbocycles. The first-order chi connectivity index (χ1) is 16.0. The largest absolute Gasteiger partial charge is 0.484 e. The van der Waals surface area contributed by atoms with E-state index in [1.54, 1.807) is 42.5 Å². The molecule has 4 rings (SSSR count). The first-order valence-corrected chi connectivity index (χ1v) is 12.6. The van der Waals surface area contributed by atoms with E-state index in [2.05, 4.69) is 34.5 Å². The molecule has 0 radical (unpaired) electrons. The Hall–Kier alpha value is -3.16. The summed E-state index contributed by atoms with van der Waals surface area (Å²) < 4.78 is 30.9. The minimum Gasteiger partial charge on any atom is -0.484 e. The Kier molecular flexibility index (Phi) is 7.42. The third-order valence-electron chi connectivity index (χ3n) is 5.76. The second kappa shape index (κ2) is 10.6. The highest BCUT2D eigenvalue weighted by molar-refractivity contribution is 7.91. The number of amides is 1. The molecule has 1 heterocycles. The summed E-state index contributed by atoms with van der Waals surface area (Å²) in [5, 5.41) is 3.04. The number of carbonyl (C=O) groups excluding carboxylic acids is 1. The number of rotatable bonds is 8. The van der Waals surface area contributed by atoms with Crippen LogP contribution >= 0.6 is 0 Å². The zero-order valence-corrected chi connectivity index (χ0v) is 19.2. The molecular weight excluding hydrogens is 436 g/mol. The predicted octanol–water partition coefficient (Wildman–Crippen LogP) is 3.68. The lowest BCUT2D eigenvalue weighted by atomic mass is 10.0. The van der Waals surface area contributed by atoms with Gasteiger partial charge in [-0.15, -0.1) is 0 Å². The molecule has 0 atom stereocenters. The van der Waals surface area contributed by atoms with Crippen molar-refractivity contribution in [2.75, 3.05) is 19.7 Å². The first-order valence-electron chi connectivity index (χ1n) is 11.1.